The van der Waals surface area contributed by atoms with E-state index in [-0.39, 0.29) is 23.9 Å². The fourth-order valence-corrected chi connectivity index (χ4v) is 4.56. The van der Waals surface area contributed by atoms with Crippen LogP contribution in [0.5, 0.6) is 5.75 Å². The molecule has 0 saturated heterocycles. The van der Waals surface area contributed by atoms with Crippen LogP contribution in [0.1, 0.15) is 5.56 Å². The molecule has 0 saturated carbocycles. The van der Waals surface area contributed by atoms with Crippen molar-refractivity contribution in [2.75, 3.05) is 32.1 Å². The topological polar surface area (TPSA) is 66.9 Å². The molecule has 0 N–H and O–H groups in total. The molecule has 0 bridgehead atoms. The van der Waals surface area contributed by atoms with Crippen LogP contribution in [0.4, 0.5) is 5.69 Å². The van der Waals surface area contributed by atoms with Crippen molar-refractivity contribution in [3.05, 3.63) is 90.5 Å². The molecule has 0 fully saturated rings. The van der Waals surface area contributed by atoms with Gasteiger partial charge in [-0.1, -0.05) is 54.6 Å². The molecule has 3 aromatic carbocycles. The summed E-state index contributed by atoms with van der Waals surface area (Å²) in [5.74, 6) is 0.288. The van der Waals surface area contributed by atoms with Crippen LogP contribution in [0.15, 0.2) is 89.8 Å². The van der Waals surface area contributed by atoms with Gasteiger partial charge in [-0.3, -0.25) is 4.79 Å². The summed E-state index contributed by atoms with van der Waals surface area (Å²) in [5.41, 5.74) is 1.63. The number of likely N-dealkylation sites (N-methyl/N-ethyl adjacent to an activating group) is 1. The van der Waals surface area contributed by atoms with E-state index in [2.05, 4.69) is 0 Å². The first-order valence-corrected chi connectivity index (χ1v) is 11.4. The molecule has 6 nitrogen and oxygen atoms in total. The number of carbonyl (C=O) groups excluding carboxylic acids is 1. The third-order valence-corrected chi connectivity index (χ3v) is 6.86. The molecule has 3 aromatic rings. The number of methoxy groups -OCH3 is 1. The summed E-state index contributed by atoms with van der Waals surface area (Å²) in [7, 11) is -0.653. The highest BCUT2D eigenvalue weighted by molar-refractivity contribution is 7.89. The Bertz CT molecular complexity index is 1100. The lowest BCUT2D eigenvalue weighted by Crippen LogP contribution is -2.42. The molecule has 162 valence electrons. The Balaban J connectivity index is 1.83. The van der Waals surface area contributed by atoms with Crippen molar-refractivity contribution in [1.82, 2.24) is 4.31 Å². The SMILES string of the molecule is COc1cccc(N(C)C(=O)CN(CCc2ccccc2)S(=O)(=O)c2ccccc2)c1. The summed E-state index contributed by atoms with van der Waals surface area (Å²) < 4.78 is 33.0. The van der Waals surface area contributed by atoms with Gasteiger partial charge < -0.3 is 9.64 Å². The van der Waals surface area contributed by atoms with Gasteiger partial charge in [0.1, 0.15) is 5.75 Å². The number of nitrogens with zero attached hydrogens (tertiary/aromatic N) is 2. The largest absolute Gasteiger partial charge is 0.497 e. The van der Waals surface area contributed by atoms with Crippen LogP contribution in [0, 0.1) is 0 Å². The number of carbonyl (C=O) groups is 1. The Morgan fingerprint density at radius 1 is 0.903 bits per heavy atom. The van der Waals surface area contributed by atoms with Crippen LogP contribution in [-0.4, -0.2) is 45.9 Å². The fourth-order valence-electron chi connectivity index (χ4n) is 3.14. The van der Waals surface area contributed by atoms with Gasteiger partial charge in [-0.2, -0.15) is 4.31 Å². The van der Waals surface area contributed by atoms with E-state index in [4.69, 9.17) is 4.74 Å². The van der Waals surface area contributed by atoms with E-state index >= 15 is 0 Å². The highest BCUT2D eigenvalue weighted by atomic mass is 32.2. The number of anilines is 1. The summed E-state index contributed by atoms with van der Waals surface area (Å²) in [5, 5.41) is 0. The van der Waals surface area contributed by atoms with Crippen molar-refractivity contribution in [3.8, 4) is 5.75 Å². The number of ether oxygens (including phenoxy) is 1. The summed E-state index contributed by atoms with van der Waals surface area (Å²) in [6.45, 7) is -0.0727. The molecule has 0 heterocycles. The lowest BCUT2D eigenvalue weighted by atomic mass is 10.1. The van der Waals surface area contributed by atoms with Crippen LogP contribution in [0.25, 0.3) is 0 Å². The van der Waals surface area contributed by atoms with Gasteiger partial charge in [0.05, 0.1) is 18.6 Å². The van der Waals surface area contributed by atoms with E-state index in [0.717, 1.165) is 5.56 Å². The van der Waals surface area contributed by atoms with Crippen LogP contribution in [0.3, 0.4) is 0 Å². The van der Waals surface area contributed by atoms with Gasteiger partial charge in [0.25, 0.3) is 0 Å². The minimum Gasteiger partial charge on any atom is -0.497 e. The highest BCUT2D eigenvalue weighted by Crippen LogP contribution is 2.21. The van der Waals surface area contributed by atoms with Crippen molar-refractivity contribution < 1.29 is 17.9 Å². The van der Waals surface area contributed by atoms with Crippen molar-refractivity contribution in [2.24, 2.45) is 0 Å². The third kappa shape index (κ3) is 5.71. The first-order chi connectivity index (χ1) is 14.9. The lowest BCUT2D eigenvalue weighted by Gasteiger charge is -2.25. The molecular weight excluding hydrogens is 412 g/mol. The van der Waals surface area contributed by atoms with Gasteiger partial charge in [0, 0.05) is 25.3 Å². The molecule has 1 amide bonds. The quantitative estimate of drug-likeness (QED) is 0.512. The van der Waals surface area contributed by atoms with Crippen LogP contribution in [-0.2, 0) is 21.2 Å². The number of sulfonamides is 1. The second-order valence-corrected chi connectivity index (χ2v) is 8.98. The van der Waals surface area contributed by atoms with Crippen LogP contribution < -0.4 is 9.64 Å². The molecule has 0 atom stereocenters. The summed E-state index contributed by atoms with van der Waals surface area (Å²) >= 11 is 0. The molecule has 0 aliphatic heterocycles. The van der Waals surface area contributed by atoms with Crippen molar-refractivity contribution in [2.45, 2.75) is 11.3 Å². The van der Waals surface area contributed by atoms with E-state index < -0.39 is 10.0 Å². The minimum atomic E-state index is -3.83. The van der Waals surface area contributed by atoms with Gasteiger partial charge in [0.2, 0.25) is 15.9 Å². The fraction of sp³-hybridized carbons (Fsp3) is 0.208. The monoisotopic (exact) mass is 438 g/mol. The predicted octanol–water partition coefficient (Wildman–Crippen LogP) is 3.59. The maximum atomic E-state index is 13.3. The number of amides is 1. The summed E-state index contributed by atoms with van der Waals surface area (Å²) in [6.07, 6.45) is 0.503. The van der Waals surface area contributed by atoms with Gasteiger partial charge in [-0.15, -0.1) is 0 Å². The molecule has 0 aliphatic carbocycles. The van der Waals surface area contributed by atoms with Crippen molar-refractivity contribution in [1.29, 1.82) is 0 Å². The minimum absolute atomic E-state index is 0.167. The highest BCUT2D eigenvalue weighted by Gasteiger charge is 2.27. The Kier molecular flexibility index (Phi) is 7.44. The number of hydrogen-bond acceptors (Lipinski definition) is 4. The van der Waals surface area contributed by atoms with E-state index in [1.807, 2.05) is 30.3 Å². The Morgan fingerprint density at radius 2 is 1.55 bits per heavy atom. The zero-order chi connectivity index (χ0) is 22.3. The zero-order valence-electron chi connectivity index (χ0n) is 17.6. The average Bonchev–Trinajstić information content (AvgIpc) is 2.82. The molecular formula is C24H26N2O4S. The van der Waals surface area contributed by atoms with Crippen molar-refractivity contribution >= 4 is 21.6 Å². The zero-order valence-corrected chi connectivity index (χ0v) is 18.5. The molecule has 0 aromatic heterocycles. The lowest BCUT2D eigenvalue weighted by molar-refractivity contribution is -0.118. The van der Waals surface area contributed by atoms with E-state index in [9.17, 15) is 13.2 Å². The van der Waals surface area contributed by atoms with E-state index in [0.29, 0.717) is 17.9 Å². The maximum Gasteiger partial charge on any atom is 0.243 e. The van der Waals surface area contributed by atoms with Gasteiger partial charge in [-0.05, 0) is 36.2 Å². The smallest absolute Gasteiger partial charge is 0.243 e. The number of benzene rings is 3. The molecule has 0 unspecified atom stereocenters. The van der Waals surface area contributed by atoms with E-state index in [1.54, 1.807) is 68.8 Å². The first kappa shape index (κ1) is 22.5. The number of hydrogen-bond donors (Lipinski definition) is 0. The normalized spacial score (nSPS) is 11.3. The first-order valence-electron chi connectivity index (χ1n) is 9.91. The Hall–Kier alpha value is -3.16. The summed E-state index contributed by atoms with van der Waals surface area (Å²) in [6, 6.07) is 24.9. The van der Waals surface area contributed by atoms with Crippen LogP contribution >= 0.6 is 0 Å². The second kappa shape index (κ2) is 10.2. The molecule has 0 aliphatic rings. The molecule has 3 rings (SSSR count). The molecule has 0 radical (unpaired) electrons. The predicted molar refractivity (Wildman–Crippen MR) is 122 cm³/mol. The third-order valence-electron chi connectivity index (χ3n) is 5.00. The second-order valence-electron chi connectivity index (χ2n) is 7.04. The molecule has 31 heavy (non-hydrogen) atoms. The van der Waals surface area contributed by atoms with E-state index in [1.165, 1.54) is 9.21 Å². The average molecular weight is 439 g/mol. The van der Waals surface area contributed by atoms with Gasteiger partial charge >= 0.3 is 0 Å². The number of rotatable bonds is 9. The van der Waals surface area contributed by atoms with Crippen molar-refractivity contribution in [3.63, 3.8) is 0 Å². The summed E-state index contributed by atoms with van der Waals surface area (Å²) in [4.78, 5) is 14.6. The maximum absolute atomic E-state index is 13.3. The Morgan fingerprint density at radius 3 is 2.19 bits per heavy atom. The standard InChI is InChI=1S/C24H26N2O4S/c1-25(21-12-9-13-22(18-21)30-2)24(27)19-26(17-16-20-10-5-3-6-11-20)31(28,29)23-14-7-4-8-15-23/h3-15,18H,16-17,19H2,1-2H3. The van der Waals surface area contributed by atoms with Crippen LogP contribution in [0.2, 0.25) is 0 Å². The molecule has 0 spiro atoms. The molecule has 7 heteroatoms. The van der Waals surface area contributed by atoms with Gasteiger partial charge in [-0.25, -0.2) is 8.42 Å². The van der Waals surface area contributed by atoms with Gasteiger partial charge in [0.15, 0.2) is 0 Å². The Labute approximate surface area is 183 Å².